The fourth-order valence-electron chi connectivity index (χ4n) is 3.08. The van der Waals surface area contributed by atoms with Gasteiger partial charge in [0.25, 0.3) is 0 Å². The molecule has 3 nitrogen and oxygen atoms in total. The summed E-state index contributed by atoms with van der Waals surface area (Å²) < 4.78 is 13.9. The Kier molecular flexibility index (Phi) is 5.12. The van der Waals surface area contributed by atoms with E-state index in [4.69, 9.17) is 5.73 Å². The number of allylic oxidation sites excluding steroid dienone is 7. The van der Waals surface area contributed by atoms with Crippen molar-refractivity contribution in [2.75, 3.05) is 5.73 Å². The van der Waals surface area contributed by atoms with E-state index in [-0.39, 0.29) is 11.9 Å². The van der Waals surface area contributed by atoms with Crippen LogP contribution in [-0.4, -0.2) is 11.1 Å². The van der Waals surface area contributed by atoms with Gasteiger partial charge in [0, 0.05) is 18.0 Å². The van der Waals surface area contributed by atoms with E-state index in [1.807, 2.05) is 25.3 Å². The van der Waals surface area contributed by atoms with Crippen molar-refractivity contribution in [1.82, 2.24) is 10.2 Å². The van der Waals surface area contributed by atoms with E-state index >= 15 is 0 Å². The number of nitrogen functional groups attached to an aromatic ring is 1. The molecule has 2 heterocycles. The Balaban J connectivity index is 1.94. The van der Waals surface area contributed by atoms with Crippen LogP contribution in [0.25, 0.3) is 5.70 Å². The van der Waals surface area contributed by atoms with Crippen molar-refractivity contribution in [2.24, 2.45) is 0 Å². The summed E-state index contributed by atoms with van der Waals surface area (Å²) in [5.74, 6) is -0.403. The van der Waals surface area contributed by atoms with E-state index in [9.17, 15) is 4.39 Å². The van der Waals surface area contributed by atoms with Crippen LogP contribution in [0.15, 0.2) is 84.3 Å². The Morgan fingerprint density at radius 1 is 1.42 bits per heavy atom. The largest absolute Gasteiger partial charge is 0.396 e. The molecule has 1 aromatic carbocycles. The van der Waals surface area contributed by atoms with Gasteiger partial charge in [-0.05, 0) is 48.3 Å². The van der Waals surface area contributed by atoms with Gasteiger partial charge in [-0.15, -0.1) is 0 Å². The van der Waals surface area contributed by atoms with E-state index in [1.54, 1.807) is 6.07 Å². The predicted molar refractivity (Wildman–Crippen MR) is 107 cm³/mol. The molecule has 1 atom stereocenters. The van der Waals surface area contributed by atoms with Crippen molar-refractivity contribution in [1.29, 1.82) is 0 Å². The van der Waals surface area contributed by atoms with E-state index in [0.29, 0.717) is 0 Å². The maximum atomic E-state index is 13.9. The zero-order valence-electron chi connectivity index (χ0n) is 15.2. The molecule has 0 bridgehead atoms. The van der Waals surface area contributed by atoms with Crippen molar-refractivity contribution in [3.8, 4) is 0 Å². The molecule has 3 N–H and O–H groups in total. The van der Waals surface area contributed by atoms with Crippen molar-refractivity contribution in [3.63, 3.8) is 0 Å². The van der Waals surface area contributed by atoms with Gasteiger partial charge in [0.15, 0.2) is 0 Å². The summed E-state index contributed by atoms with van der Waals surface area (Å²) in [6.07, 6.45) is 15.3. The standard InChI is InChI=1S/C22H24FN3/c1-4-15(5-2)11-16(6-3)18-8-10-22-25-13-21(26(22)14-18)17-7-9-20(24)19(23)12-17/h4,6-14,22,25H,1,5,24H2,2-3H3/b15-11+,16-6+. The summed E-state index contributed by atoms with van der Waals surface area (Å²) in [7, 11) is 0. The van der Waals surface area contributed by atoms with Gasteiger partial charge in [0.2, 0.25) is 0 Å². The third-order valence-corrected chi connectivity index (χ3v) is 4.66. The smallest absolute Gasteiger partial charge is 0.146 e. The Bertz CT molecular complexity index is 871. The average molecular weight is 349 g/mol. The molecule has 4 heteroatoms. The van der Waals surface area contributed by atoms with Crippen LogP contribution >= 0.6 is 0 Å². The highest BCUT2D eigenvalue weighted by Crippen LogP contribution is 2.32. The zero-order chi connectivity index (χ0) is 18.7. The first-order valence-electron chi connectivity index (χ1n) is 8.77. The number of hydrogen-bond donors (Lipinski definition) is 2. The van der Waals surface area contributed by atoms with Gasteiger partial charge in [0.05, 0.1) is 11.4 Å². The maximum absolute atomic E-state index is 13.9. The SMILES string of the molecule is C=C/C(=C\C(=C/C)C1=CN2C(c3ccc(N)c(F)c3)=CNC2C=C1)CC. The Morgan fingerprint density at radius 2 is 2.23 bits per heavy atom. The highest BCUT2D eigenvalue weighted by molar-refractivity contribution is 5.70. The van der Waals surface area contributed by atoms with Crippen molar-refractivity contribution in [2.45, 2.75) is 26.4 Å². The molecule has 0 radical (unpaired) electrons. The number of nitrogens with one attached hydrogen (secondary N) is 1. The fraction of sp³-hybridized carbons (Fsp3) is 0.182. The highest BCUT2D eigenvalue weighted by atomic mass is 19.1. The van der Waals surface area contributed by atoms with E-state index in [2.05, 4.69) is 54.2 Å². The summed E-state index contributed by atoms with van der Waals surface area (Å²) in [5, 5.41) is 3.31. The highest BCUT2D eigenvalue weighted by Gasteiger charge is 2.26. The maximum Gasteiger partial charge on any atom is 0.146 e. The normalized spacial score (nSPS) is 19.7. The lowest BCUT2D eigenvalue weighted by atomic mass is 9.99. The van der Waals surface area contributed by atoms with Crippen LogP contribution in [0.3, 0.4) is 0 Å². The lowest BCUT2D eigenvalue weighted by Gasteiger charge is -2.28. The Labute approximate surface area is 154 Å². The lowest BCUT2D eigenvalue weighted by molar-refractivity contribution is 0.438. The number of benzene rings is 1. The van der Waals surface area contributed by atoms with Crippen molar-refractivity contribution < 1.29 is 4.39 Å². The van der Waals surface area contributed by atoms with E-state index < -0.39 is 5.82 Å². The number of fused-ring (bicyclic) bond motifs is 1. The lowest BCUT2D eigenvalue weighted by Crippen LogP contribution is -2.33. The van der Waals surface area contributed by atoms with Crippen molar-refractivity contribution in [3.05, 3.63) is 95.7 Å². The minimum absolute atomic E-state index is 0.0292. The van der Waals surface area contributed by atoms with Gasteiger partial charge in [-0.1, -0.05) is 43.9 Å². The molecule has 26 heavy (non-hydrogen) atoms. The third kappa shape index (κ3) is 3.36. The summed E-state index contributed by atoms with van der Waals surface area (Å²) in [6, 6.07) is 4.91. The summed E-state index contributed by atoms with van der Waals surface area (Å²) >= 11 is 0. The van der Waals surface area contributed by atoms with Crippen LogP contribution in [0.4, 0.5) is 10.1 Å². The minimum Gasteiger partial charge on any atom is -0.396 e. The van der Waals surface area contributed by atoms with E-state index in [1.165, 1.54) is 11.6 Å². The molecule has 0 saturated heterocycles. The summed E-state index contributed by atoms with van der Waals surface area (Å²) in [4.78, 5) is 2.11. The first-order valence-corrected chi connectivity index (χ1v) is 8.77. The minimum atomic E-state index is -0.403. The fourth-order valence-corrected chi connectivity index (χ4v) is 3.08. The number of anilines is 1. The summed E-state index contributed by atoms with van der Waals surface area (Å²) in [6.45, 7) is 8.02. The molecule has 3 rings (SSSR count). The number of rotatable bonds is 5. The molecule has 1 aromatic rings. The van der Waals surface area contributed by atoms with Gasteiger partial charge < -0.3 is 16.0 Å². The first kappa shape index (κ1) is 17.8. The molecule has 2 aliphatic rings. The molecule has 2 aliphatic heterocycles. The quantitative estimate of drug-likeness (QED) is 0.589. The molecule has 0 amide bonds. The predicted octanol–water partition coefficient (Wildman–Crippen LogP) is 4.86. The van der Waals surface area contributed by atoms with Crippen LogP contribution in [-0.2, 0) is 0 Å². The van der Waals surface area contributed by atoms with Crippen LogP contribution in [0.1, 0.15) is 25.8 Å². The third-order valence-electron chi connectivity index (χ3n) is 4.66. The topological polar surface area (TPSA) is 41.3 Å². The number of halogens is 1. The molecule has 0 fully saturated rings. The first-order chi connectivity index (χ1) is 12.6. The van der Waals surface area contributed by atoms with Gasteiger partial charge in [0.1, 0.15) is 12.0 Å². The molecular formula is C22H24FN3. The molecular weight excluding hydrogens is 325 g/mol. The van der Waals surface area contributed by atoms with Crippen molar-refractivity contribution >= 4 is 11.4 Å². The van der Waals surface area contributed by atoms with Gasteiger partial charge in [-0.3, -0.25) is 0 Å². The van der Waals surface area contributed by atoms with Gasteiger partial charge in [-0.25, -0.2) is 4.39 Å². The zero-order valence-corrected chi connectivity index (χ0v) is 15.2. The van der Waals surface area contributed by atoms with E-state index in [0.717, 1.165) is 28.8 Å². The summed E-state index contributed by atoms with van der Waals surface area (Å²) in [5.41, 5.74) is 10.9. The molecule has 0 aromatic heterocycles. The average Bonchev–Trinajstić information content (AvgIpc) is 3.08. The molecule has 0 saturated carbocycles. The molecule has 0 spiro atoms. The van der Waals surface area contributed by atoms with Crippen LogP contribution in [0.2, 0.25) is 0 Å². The number of hydrogen-bond acceptors (Lipinski definition) is 3. The van der Waals surface area contributed by atoms with Crippen LogP contribution in [0.5, 0.6) is 0 Å². The van der Waals surface area contributed by atoms with Gasteiger partial charge in [-0.2, -0.15) is 0 Å². The second-order valence-electron chi connectivity index (χ2n) is 6.25. The number of nitrogens with two attached hydrogens (primary N) is 1. The van der Waals surface area contributed by atoms with Gasteiger partial charge >= 0.3 is 0 Å². The van der Waals surface area contributed by atoms with Crippen LogP contribution < -0.4 is 11.1 Å². The second-order valence-corrected chi connectivity index (χ2v) is 6.25. The molecule has 0 aliphatic carbocycles. The monoisotopic (exact) mass is 349 g/mol. The molecule has 1 unspecified atom stereocenters. The second kappa shape index (κ2) is 7.48. The number of nitrogens with zero attached hydrogens (tertiary/aromatic N) is 1. The van der Waals surface area contributed by atoms with Crippen LogP contribution in [0, 0.1) is 5.82 Å². The Hall–Kier alpha value is -3.01. The Morgan fingerprint density at radius 3 is 2.88 bits per heavy atom. The molecule has 134 valence electrons.